The molecule has 0 aromatic rings. The number of nitrogens with two attached hydrogens (primary N) is 1. The van der Waals surface area contributed by atoms with Crippen LogP contribution in [0, 0.1) is 0 Å². The highest BCUT2D eigenvalue weighted by atomic mass is 32.2. The molecule has 0 aromatic heterocycles. The maximum absolute atomic E-state index is 10.4. The normalized spacial score (nSPS) is 22.1. The van der Waals surface area contributed by atoms with Gasteiger partial charge in [-0.3, -0.25) is 4.79 Å². The SMILES string of the molecule is CC1(CSC[C@H](N)C(=O)O)OCCO1. The lowest BCUT2D eigenvalue weighted by atomic mass is 10.4. The maximum atomic E-state index is 10.4. The molecule has 1 aliphatic heterocycles. The smallest absolute Gasteiger partial charge is 0.321 e. The lowest BCUT2D eigenvalue weighted by Gasteiger charge is -2.21. The van der Waals surface area contributed by atoms with Crippen LogP contribution in [0.5, 0.6) is 0 Å². The summed E-state index contributed by atoms with van der Waals surface area (Å²) in [6, 6.07) is -0.815. The minimum Gasteiger partial charge on any atom is -0.480 e. The molecule has 0 amide bonds. The Balaban J connectivity index is 2.17. The Bertz CT molecular complexity index is 206. The Morgan fingerprint density at radius 1 is 1.64 bits per heavy atom. The second-order valence-corrected chi connectivity index (χ2v) is 4.32. The number of ether oxygens (including phenoxy) is 2. The summed E-state index contributed by atoms with van der Waals surface area (Å²) in [6.45, 7) is 3.05. The molecule has 1 saturated heterocycles. The number of hydrogen-bond acceptors (Lipinski definition) is 5. The van der Waals surface area contributed by atoms with Crippen LogP contribution < -0.4 is 5.73 Å². The highest BCUT2D eigenvalue weighted by Gasteiger charge is 2.31. The van der Waals surface area contributed by atoms with Crippen molar-refractivity contribution >= 4 is 17.7 Å². The van der Waals surface area contributed by atoms with Crippen LogP contribution in [-0.4, -0.2) is 47.6 Å². The molecular weight excluding hydrogens is 206 g/mol. The summed E-state index contributed by atoms with van der Waals surface area (Å²) in [7, 11) is 0. The van der Waals surface area contributed by atoms with Gasteiger partial charge in [-0.1, -0.05) is 0 Å². The molecule has 0 aliphatic carbocycles. The third kappa shape index (κ3) is 3.45. The summed E-state index contributed by atoms with van der Waals surface area (Å²) in [5.74, 6) is -0.565. The molecule has 5 nitrogen and oxygen atoms in total. The zero-order valence-corrected chi connectivity index (χ0v) is 8.88. The first-order chi connectivity index (χ1) is 6.53. The third-order valence-corrected chi connectivity index (χ3v) is 3.20. The van der Waals surface area contributed by atoms with Crippen molar-refractivity contribution in [1.29, 1.82) is 0 Å². The van der Waals surface area contributed by atoms with Gasteiger partial charge in [-0.2, -0.15) is 11.8 Å². The first kappa shape index (κ1) is 11.8. The standard InChI is InChI=1S/C8H15NO4S/c1-8(12-2-3-13-8)5-14-4-6(9)7(10)11/h6H,2-5,9H2,1H3,(H,10,11)/t6-/m0/s1. The van der Waals surface area contributed by atoms with E-state index in [0.29, 0.717) is 24.7 Å². The summed E-state index contributed by atoms with van der Waals surface area (Å²) >= 11 is 1.43. The van der Waals surface area contributed by atoms with Gasteiger partial charge >= 0.3 is 5.97 Å². The van der Waals surface area contributed by atoms with Crippen molar-refractivity contribution in [3.8, 4) is 0 Å². The number of carboxylic acid groups (broad SMARTS) is 1. The molecule has 14 heavy (non-hydrogen) atoms. The average Bonchev–Trinajstić information content (AvgIpc) is 2.52. The van der Waals surface area contributed by atoms with Crippen molar-refractivity contribution in [2.24, 2.45) is 5.73 Å². The predicted octanol–water partition coefficient (Wildman–Crippen LogP) is -0.105. The Kier molecular flexibility index (Phi) is 4.18. The fourth-order valence-corrected chi connectivity index (χ4v) is 2.13. The maximum Gasteiger partial charge on any atom is 0.321 e. The van der Waals surface area contributed by atoms with E-state index in [2.05, 4.69) is 0 Å². The third-order valence-electron chi connectivity index (χ3n) is 1.88. The summed E-state index contributed by atoms with van der Waals surface area (Å²) in [6.07, 6.45) is 0. The van der Waals surface area contributed by atoms with Crippen molar-refractivity contribution in [2.75, 3.05) is 24.7 Å². The molecule has 3 N–H and O–H groups in total. The van der Waals surface area contributed by atoms with Crippen LogP contribution in [0.25, 0.3) is 0 Å². The van der Waals surface area contributed by atoms with Crippen molar-refractivity contribution in [3.63, 3.8) is 0 Å². The Hall–Kier alpha value is -0.300. The Morgan fingerprint density at radius 2 is 2.21 bits per heavy atom. The summed E-state index contributed by atoms with van der Waals surface area (Å²) in [4.78, 5) is 10.4. The molecule has 82 valence electrons. The fraction of sp³-hybridized carbons (Fsp3) is 0.875. The lowest BCUT2D eigenvalue weighted by molar-refractivity contribution is -0.138. The number of hydrogen-bond donors (Lipinski definition) is 2. The van der Waals surface area contributed by atoms with Crippen LogP contribution in [0.3, 0.4) is 0 Å². The number of carboxylic acids is 1. The quantitative estimate of drug-likeness (QED) is 0.674. The van der Waals surface area contributed by atoms with Gasteiger partial charge in [0.25, 0.3) is 0 Å². The monoisotopic (exact) mass is 221 g/mol. The van der Waals surface area contributed by atoms with E-state index in [4.69, 9.17) is 20.3 Å². The van der Waals surface area contributed by atoms with E-state index >= 15 is 0 Å². The highest BCUT2D eigenvalue weighted by molar-refractivity contribution is 7.99. The molecule has 0 saturated carbocycles. The molecule has 0 spiro atoms. The number of rotatable bonds is 5. The fourth-order valence-electron chi connectivity index (χ4n) is 1.08. The second kappa shape index (κ2) is 4.97. The van der Waals surface area contributed by atoms with E-state index in [1.54, 1.807) is 0 Å². The highest BCUT2D eigenvalue weighted by Crippen LogP contribution is 2.23. The van der Waals surface area contributed by atoms with E-state index in [1.165, 1.54) is 11.8 Å². The first-order valence-electron chi connectivity index (χ1n) is 4.37. The zero-order chi connectivity index (χ0) is 10.6. The van der Waals surface area contributed by atoms with E-state index in [-0.39, 0.29) is 0 Å². The van der Waals surface area contributed by atoms with Gasteiger partial charge in [0.05, 0.1) is 13.2 Å². The van der Waals surface area contributed by atoms with Crippen LogP contribution in [0.4, 0.5) is 0 Å². The van der Waals surface area contributed by atoms with E-state index < -0.39 is 17.8 Å². The largest absolute Gasteiger partial charge is 0.480 e. The van der Waals surface area contributed by atoms with Gasteiger partial charge in [0.2, 0.25) is 0 Å². The van der Waals surface area contributed by atoms with E-state index in [1.807, 2.05) is 6.92 Å². The minimum absolute atomic E-state index is 0.373. The van der Waals surface area contributed by atoms with Gasteiger partial charge < -0.3 is 20.3 Å². The summed E-state index contributed by atoms with van der Waals surface area (Å²) in [5, 5.41) is 8.54. The van der Waals surface area contributed by atoms with Gasteiger partial charge in [0.1, 0.15) is 6.04 Å². The first-order valence-corrected chi connectivity index (χ1v) is 5.53. The summed E-state index contributed by atoms with van der Waals surface area (Å²) in [5.41, 5.74) is 5.34. The Labute approximate surface area is 86.9 Å². The molecule has 0 unspecified atom stereocenters. The molecule has 0 radical (unpaired) electrons. The number of aliphatic carboxylic acids is 1. The average molecular weight is 221 g/mol. The van der Waals surface area contributed by atoms with Crippen molar-refractivity contribution < 1.29 is 19.4 Å². The minimum atomic E-state index is -0.976. The molecule has 1 aliphatic rings. The lowest BCUT2D eigenvalue weighted by Crippen LogP contribution is -2.34. The van der Waals surface area contributed by atoms with Crippen LogP contribution in [0.1, 0.15) is 6.92 Å². The molecule has 0 bridgehead atoms. The van der Waals surface area contributed by atoms with E-state index in [0.717, 1.165) is 0 Å². The van der Waals surface area contributed by atoms with Gasteiger partial charge in [0, 0.05) is 11.5 Å². The van der Waals surface area contributed by atoms with Gasteiger partial charge in [-0.05, 0) is 6.92 Å². The number of thioether (sulfide) groups is 1. The topological polar surface area (TPSA) is 81.8 Å². The molecule has 1 fully saturated rings. The van der Waals surface area contributed by atoms with E-state index in [9.17, 15) is 4.79 Å². The van der Waals surface area contributed by atoms with Crippen LogP contribution in [-0.2, 0) is 14.3 Å². The molecule has 1 rings (SSSR count). The Morgan fingerprint density at radius 3 is 2.71 bits per heavy atom. The van der Waals surface area contributed by atoms with Crippen molar-refractivity contribution in [1.82, 2.24) is 0 Å². The summed E-state index contributed by atoms with van der Waals surface area (Å²) < 4.78 is 10.7. The van der Waals surface area contributed by atoms with Gasteiger partial charge in [0.15, 0.2) is 5.79 Å². The van der Waals surface area contributed by atoms with Crippen LogP contribution in [0.15, 0.2) is 0 Å². The molecular formula is C8H15NO4S. The second-order valence-electron chi connectivity index (χ2n) is 3.29. The van der Waals surface area contributed by atoms with Gasteiger partial charge in [-0.25, -0.2) is 0 Å². The van der Waals surface area contributed by atoms with Gasteiger partial charge in [-0.15, -0.1) is 0 Å². The number of carbonyl (C=O) groups is 1. The van der Waals surface area contributed by atoms with Crippen molar-refractivity contribution in [2.45, 2.75) is 18.8 Å². The van der Waals surface area contributed by atoms with Crippen LogP contribution >= 0.6 is 11.8 Å². The molecule has 0 aromatic carbocycles. The molecule has 6 heteroatoms. The van der Waals surface area contributed by atoms with Crippen LogP contribution in [0.2, 0.25) is 0 Å². The predicted molar refractivity (Wildman–Crippen MR) is 53.2 cm³/mol. The molecule has 1 heterocycles. The molecule has 1 atom stereocenters. The zero-order valence-electron chi connectivity index (χ0n) is 8.06. The van der Waals surface area contributed by atoms with Crippen molar-refractivity contribution in [3.05, 3.63) is 0 Å².